The number of pyridine rings is 1. The van der Waals surface area contributed by atoms with Crippen LogP contribution in [0.15, 0.2) is 71.0 Å². The summed E-state index contributed by atoms with van der Waals surface area (Å²) in [5, 5.41) is 12.4. The monoisotopic (exact) mass is 385 g/mol. The lowest BCUT2D eigenvalue weighted by Gasteiger charge is -2.05. The maximum Gasteiger partial charge on any atom is 0.272 e. The van der Waals surface area contributed by atoms with Crippen LogP contribution in [0.25, 0.3) is 21.8 Å². The Labute approximate surface area is 166 Å². The van der Waals surface area contributed by atoms with Gasteiger partial charge in [-0.2, -0.15) is 5.10 Å². The van der Waals surface area contributed by atoms with Crippen molar-refractivity contribution in [3.8, 4) is 0 Å². The summed E-state index contributed by atoms with van der Waals surface area (Å²) >= 11 is 0. The first-order valence-corrected chi connectivity index (χ1v) is 8.92. The van der Waals surface area contributed by atoms with Gasteiger partial charge >= 0.3 is 0 Å². The van der Waals surface area contributed by atoms with Crippen LogP contribution in [0.3, 0.4) is 0 Å². The topological polar surface area (TPSA) is 135 Å². The van der Waals surface area contributed by atoms with Crippen molar-refractivity contribution in [3.05, 3.63) is 72.1 Å². The third-order valence-electron chi connectivity index (χ3n) is 4.46. The molecule has 0 aliphatic carbocycles. The fourth-order valence-electron chi connectivity index (χ4n) is 3.02. The Kier molecular flexibility index (Phi) is 4.66. The second-order valence-electron chi connectivity index (χ2n) is 6.56. The maximum absolute atomic E-state index is 12.7. The minimum absolute atomic E-state index is 0.101. The van der Waals surface area contributed by atoms with Gasteiger partial charge < -0.3 is 21.8 Å². The first kappa shape index (κ1) is 18.2. The van der Waals surface area contributed by atoms with E-state index >= 15 is 0 Å². The van der Waals surface area contributed by atoms with Crippen LogP contribution in [0.4, 0.5) is 5.69 Å². The second kappa shape index (κ2) is 7.43. The van der Waals surface area contributed by atoms with Gasteiger partial charge in [0, 0.05) is 28.2 Å². The number of nitrogens with one attached hydrogen (secondary N) is 2. The molecule has 0 atom stereocenters. The highest BCUT2D eigenvalue weighted by atomic mass is 16.1. The quantitative estimate of drug-likeness (QED) is 0.244. The van der Waals surface area contributed by atoms with E-state index in [0.717, 1.165) is 27.4 Å². The number of carbonyl (C=O) groups excluding carboxylic acids is 1. The molecule has 6 N–H and O–H groups in total. The molecule has 0 fully saturated rings. The van der Waals surface area contributed by atoms with Crippen LogP contribution < -0.4 is 16.8 Å². The lowest BCUT2D eigenvalue weighted by molar-refractivity contribution is 0.102. The van der Waals surface area contributed by atoms with E-state index in [1.807, 2.05) is 55.5 Å². The minimum atomic E-state index is -0.225. The van der Waals surface area contributed by atoms with E-state index in [1.54, 1.807) is 12.3 Å². The molecule has 2 aromatic carbocycles. The zero-order chi connectivity index (χ0) is 20.4. The van der Waals surface area contributed by atoms with Crippen LogP contribution in [0.5, 0.6) is 0 Å². The zero-order valence-corrected chi connectivity index (χ0v) is 15.7. The van der Waals surface area contributed by atoms with Gasteiger partial charge in [-0.15, -0.1) is 5.10 Å². The van der Waals surface area contributed by atoms with Crippen molar-refractivity contribution >= 4 is 45.1 Å². The molecule has 8 heteroatoms. The van der Waals surface area contributed by atoms with E-state index in [9.17, 15) is 4.79 Å². The van der Waals surface area contributed by atoms with Gasteiger partial charge in [-0.25, -0.2) is 0 Å². The average molecular weight is 385 g/mol. The van der Waals surface area contributed by atoms with E-state index < -0.39 is 0 Å². The van der Waals surface area contributed by atoms with Crippen molar-refractivity contribution in [2.24, 2.45) is 21.7 Å². The van der Waals surface area contributed by atoms with Crippen LogP contribution in [0.1, 0.15) is 23.0 Å². The molecule has 1 amide bonds. The Bertz CT molecular complexity index is 1280. The summed E-state index contributed by atoms with van der Waals surface area (Å²) in [6.45, 7) is 1.81. The number of nitrogens with zero attached hydrogens (tertiary/aromatic N) is 3. The van der Waals surface area contributed by atoms with Crippen molar-refractivity contribution in [2.75, 3.05) is 5.32 Å². The van der Waals surface area contributed by atoms with Gasteiger partial charge in [-0.3, -0.25) is 9.78 Å². The van der Waals surface area contributed by atoms with E-state index in [0.29, 0.717) is 17.1 Å². The number of anilines is 1. The predicted molar refractivity (Wildman–Crippen MR) is 116 cm³/mol. The van der Waals surface area contributed by atoms with Crippen LogP contribution in [0.2, 0.25) is 0 Å². The number of H-pyrrole nitrogens is 1. The molecule has 8 nitrogen and oxygen atoms in total. The van der Waals surface area contributed by atoms with Crippen LogP contribution in [0, 0.1) is 0 Å². The maximum atomic E-state index is 12.7. The molecule has 0 spiro atoms. The van der Waals surface area contributed by atoms with Crippen LogP contribution >= 0.6 is 0 Å². The molecule has 0 unspecified atom stereocenters. The van der Waals surface area contributed by atoms with Gasteiger partial charge in [0.05, 0.1) is 11.2 Å². The van der Waals surface area contributed by atoms with Crippen molar-refractivity contribution < 1.29 is 4.79 Å². The normalized spacial score (nSPS) is 11.6. The average Bonchev–Trinajstić information content (AvgIpc) is 3.15. The van der Waals surface area contributed by atoms with Crippen molar-refractivity contribution in [1.29, 1.82) is 0 Å². The summed E-state index contributed by atoms with van der Waals surface area (Å²) in [5.74, 6) is -0.326. The zero-order valence-electron chi connectivity index (χ0n) is 15.7. The van der Waals surface area contributed by atoms with Crippen molar-refractivity contribution in [2.45, 2.75) is 6.92 Å². The number of benzene rings is 2. The fourth-order valence-corrected chi connectivity index (χ4v) is 3.02. The third-order valence-corrected chi connectivity index (χ3v) is 4.46. The number of amides is 1. The molecule has 0 radical (unpaired) electrons. The third kappa shape index (κ3) is 3.91. The fraction of sp³-hybridized carbons (Fsp3) is 0.0476. The Balaban J connectivity index is 1.59. The highest BCUT2D eigenvalue weighted by molar-refractivity contribution is 6.08. The van der Waals surface area contributed by atoms with E-state index in [1.165, 1.54) is 0 Å². The number of aromatic amines is 1. The number of aromatic nitrogens is 2. The molecule has 0 bridgehead atoms. The van der Waals surface area contributed by atoms with Gasteiger partial charge in [-0.05, 0) is 55.0 Å². The van der Waals surface area contributed by atoms with E-state index in [4.69, 9.17) is 11.5 Å². The smallest absolute Gasteiger partial charge is 0.272 e. The van der Waals surface area contributed by atoms with E-state index in [-0.39, 0.29) is 11.9 Å². The summed E-state index contributed by atoms with van der Waals surface area (Å²) in [6.07, 6.45) is 1.74. The Morgan fingerprint density at radius 1 is 1.03 bits per heavy atom. The first-order valence-electron chi connectivity index (χ1n) is 8.92. The molecule has 29 heavy (non-hydrogen) atoms. The van der Waals surface area contributed by atoms with Gasteiger partial charge in [0.25, 0.3) is 5.91 Å². The number of hydrogen-bond donors (Lipinski definition) is 4. The van der Waals surface area contributed by atoms with Gasteiger partial charge in [-0.1, -0.05) is 12.1 Å². The SMILES string of the molecule is CC(=NN=C(N)N)c1ccc2[nH]c(C(=O)Nc3ccc4ncccc4c3)cc2c1. The van der Waals surface area contributed by atoms with Gasteiger partial charge in [0.1, 0.15) is 5.69 Å². The van der Waals surface area contributed by atoms with Crippen LogP contribution in [-0.4, -0.2) is 27.5 Å². The first-order chi connectivity index (χ1) is 14.0. The molecule has 4 rings (SSSR count). The highest BCUT2D eigenvalue weighted by Gasteiger charge is 2.11. The van der Waals surface area contributed by atoms with Gasteiger partial charge in [0.15, 0.2) is 0 Å². The molecule has 4 aromatic rings. The molecular weight excluding hydrogens is 366 g/mol. The number of guanidine groups is 1. The van der Waals surface area contributed by atoms with Crippen molar-refractivity contribution in [3.63, 3.8) is 0 Å². The summed E-state index contributed by atoms with van der Waals surface area (Å²) in [6, 6.07) is 16.9. The summed E-state index contributed by atoms with van der Waals surface area (Å²) in [5.41, 5.74) is 15.0. The molecule has 2 heterocycles. The Morgan fingerprint density at radius 2 is 1.90 bits per heavy atom. The summed E-state index contributed by atoms with van der Waals surface area (Å²) < 4.78 is 0. The standard InChI is InChI=1S/C21H19N7O/c1-12(27-28-21(22)23)13-4-6-18-15(9-13)11-19(26-18)20(29)25-16-5-7-17-14(10-16)3-2-8-24-17/h2-11,26H,1H3,(H,25,29)(H4,22,23,28). The van der Waals surface area contributed by atoms with Crippen molar-refractivity contribution in [1.82, 2.24) is 9.97 Å². The minimum Gasteiger partial charge on any atom is -0.369 e. The van der Waals surface area contributed by atoms with Crippen LogP contribution in [-0.2, 0) is 0 Å². The highest BCUT2D eigenvalue weighted by Crippen LogP contribution is 2.21. The summed E-state index contributed by atoms with van der Waals surface area (Å²) in [4.78, 5) is 20.1. The lowest BCUT2D eigenvalue weighted by atomic mass is 10.1. The molecule has 144 valence electrons. The molecule has 2 aromatic heterocycles. The Hall–Kier alpha value is -4.20. The van der Waals surface area contributed by atoms with Gasteiger partial charge in [0.2, 0.25) is 5.96 Å². The molecule has 0 aliphatic rings. The Morgan fingerprint density at radius 3 is 2.72 bits per heavy atom. The largest absolute Gasteiger partial charge is 0.369 e. The summed E-state index contributed by atoms with van der Waals surface area (Å²) in [7, 11) is 0. The number of carbonyl (C=O) groups is 1. The van der Waals surface area contributed by atoms with E-state index in [2.05, 4.69) is 25.5 Å². The molecular formula is C21H19N7O. The number of fused-ring (bicyclic) bond motifs is 2. The second-order valence-corrected chi connectivity index (χ2v) is 6.56. The lowest BCUT2D eigenvalue weighted by Crippen LogP contribution is -2.22. The number of hydrogen-bond acceptors (Lipinski definition) is 4. The number of nitrogens with two attached hydrogens (primary N) is 2. The predicted octanol–water partition coefficient (Wildman–Crippen LogP) is 2.97. The molecule has 0 saturated carbocycles. The molecule has 0 saturated heterocycles. The number of rotatable bonds is 4. The molecule has 0 aliphatic heterocycles.